The number of benzene rings is 2. The summed E-state index contributed by atoms with van der Waals surface area (Å²) in [6, 6.07) is 18.5. The van der Waals surface area contributed by atoms with Crippen LogP contribution >= 0.6 is 0 Å². The van der Waals surface area contributed by atoms with Crippen LogP contribution in [0.1, 0.15) is 41.0 Å². The molecule has 0 bridgehead atoms. The molecule has 0 saturated heterocycles. The number of aliphatic carboxylic acids is 1. The first-order valence-electron chi connectivity index (χ1n) is 10.3. The van der Waals surface area contributed by atoms with E-state index in [1.54, 1.807) is 25.3 Å². The van der Waals surface area contributed by atoms with Crippen molar-refractivity contribution in [3.63, 3.8) is 0 Å². The van der Waals surface area contributed by atoms with Gasteiger partial charge >= 0.3 is 5.97 Å². The summed E-state index contributed by atoms with van der Waals surface area (Å²) >= 11 is 0. The van der Waals surface area contributed by atoms with Crippen molar-refractivity contribution in [3.05, 3.63) is 95.3 Å². The van der Waals surface area contributed by atoms with Crippen LogP contribution < -0.4 is 4.74 Å². The molecule has 1 N–H and O–H groups in total. The lowest BCUT2D eigenvalue weighted by atomic mass is 10.1. The van der Waals surface area contributed by atoms with Crippen molar-refractivity contribution in [3.8, 4) is 5.75 Å². The van der Waals surface area contributed by atoms with E-state index in [0.717, 1.165) is 11.1 Å². The molecule has 0 saturated carbocycles. The van der Waals surface area contributed by atoms with Crippen molar-refractivity contribution in [2.75, 3.05) is 7.11 Å². The minimum Gasteiger partial charge on any atom is -0.497 e. The van der Waals surface area contributed by atoms with Gasteiger partial charge in [-0.25, -0.2) is 4.79 Å². The molecule has 0 fully saturated rings. The maximum Gasteiger partial charge on any atom is 0.335 e. The molecule has 0 aliphatic rings. The number of aromatic nitrogens is 1. The average Bonchev–Trinajstić information content (AvgIpc) is 3.26. The number of rotatable bonds is 10. The highest BCUT2D eigenvalue weighted by Crippen LogP contribution is 2.18. The molecule has 2 aromatic carbocycles. The number of hydrogen-bond acceptors (Lipinski definition) is 4. The van der Waals surface area contributed by atoms with Crippen LogP contribution in [-0.4, -0.2) is 34.1 Å². The third-order valence-electron chi connectivity index (χ3n) is 5.10. The first kappa shape index (κ1) is 23.0. The van der Waals surface area contributed by atoms with Crippen LogP contribution in [0.3, 0.4) is 0 Å². The molecule has 1 aromatic heterocycles. The van der Waals surface area contributed by atoms with E-state index in [-0.39, 0.29) is 12.4 Å². The fourth-order valence-electron chi connectivity index (χ4n) is 3.04. The Morgan fingerprint density at radius 3 is 2.50 bits per heavy atom. The summed E-state index contributed by atoms with van der Waals surface area (Å²) < 4.78 is 12.6. The quantitative estimate of drug-likeness (QED) is 0.464. The fourth-order valence-corrected chi connectivity index (χ4v) is 3.04. The van der Waals surface area contributed by atoms with E-state index in [0.29, 0.717) is 23.6 Å². The lowest BCUT2D eigenvalue weighted by Gasteiger charge is -2.20. The van der Waals surface area contributed by atoms with E-state index in [4.69, 9.17) is 14.6 Å². The third kappa shape index (κ3) is 5.74. The van der Waals surface area contributed by atoms with Gasteiger partial charge in [-0.15, -0.1) is 0 Å². The lowest BCUT2D eigenvalue weighted by molar-refractivity contribution is -0.162. The molecule has 0 aliphatic heterocycles. The molecule has 0 atom stereocenters. The smallest absolute Gasteiger partial charge is 0.335 e. The average molecular weight is 434 g/mol. The molecule has 0 aliphatic carbocycles. The predicted molar refractivity (Wildman–Crippen MR) is 123 cm³/mol. The van der Waals surface area contributed by atoms with E-state index >= 15 is 0 Å². The van der Waals surface area contributed by atoms with E-state index in [2.05, 4.69) is 0 Å². The lowest BCUT2D eigenvalue weighted by Crippen LogP contribution is -2.34. The van der Waals surface area contributed by atoms with E-state index in [9.17, 15) is 9.59 Å². The van der Waals surface area contributed by atoms with Crippen molar-refractivity contribution >= 4 is 17.8 Å². The van der Waals surface area contributed by atoms with Crippen molar-refractivity contribution in [1.82, 2.24) is 4.57 Å². The number of nitrogens with zero attached hydrogens (tertiary/aromatic N) is 1. The first-order valence-corrected chi connectivity index (χ1v) is 10.3. The molecular weight excluding hydrogens is 406 g/mol. The number of carboxylic acids is 1. The van der Waals surface area contributed by atoms with Crippen LogP contribution in [0.5, 0.6) is 5.75 Å². The SMILES string of the molecule is COc1cccc(C(=O)c2cccn2CC=Cc2ccc(COC(C)(C)C(=O)O)cc2)c1. The van der Waals surface area contributed by atoms with Crippen LogP contribution in [0, 0.1) is 0 Å². The minimum atomic E-state index is -1.23. The maximum absolute atomic E-state index is 12.9. The van der Waals surface area contributed by atoms with Crippen molar-refractivity contribution in [2.24, 2.45) is 0 Å². The van der Waals surface area contributed by atoms with Crippen LogP contribution in [0.2, 0.25) is 0 Å². The Labute approximate surface area is 187 Å². The van der Waals surface area contributed by atoms with Gasteiger partial charge in [0.25, 0.3) is 0 Å². The molecule has 1 heterocycles. The fraction of sp³-hybridized carbons (Fsp3) is 0.231. The topological polar surface area (TPSA) is 77.8 Å². The van der Waals surface area contributed by atoms with Crippen LogP contribution in [0.4, 0.5) is 0 Å². The van der Waals surface area contributed by atoms with E-state index in [1.165, 1.54) is 13.8 Å². The molecule has 0 amide bonds. The Bertz CT molecular complexity index is 1110. The number of carboxylic acid groups (broad SMARTS) is 1. The van der Waals surface area contributed by atoms with Gasteiger partial charge in [-0.05, 0) is 49.2 Å². The minimum absolute atomic E-state index is 0.0593. The Hall–Kier alpha value is -3.64. The molecule has 3 rings (SSSR count). The van der Waals surface area contributed by atoms with E-state index in [1.807, 2.05) is 65.4 Å². The Morgan fingerprint density at radius 1 is 1.06 bits per heavy atom. The molecule has 32 heavy (non-hydrogen) atoms. The number of allylic oxidation sites excluding steroid dienone is 1. The first-order chi connectivity index (χ1) is 15.3. The molecule has 0 spiro atoms. The van der Waals surface area contributed by atoms with E-state index < -0.39 is 11.6 Å². The number of ketones is 1. The molecule has 6 nitrogen and oxygen atoms in total. The second kappa shape index (κ2) is 10.1. The summed E-state index contributed by atoms with van der Waals surface area (Å²) in [7, 11) is 1.58. The molecule has 0 radical (unpaired) electrons. The number of hydrogen-bond donors (Lipinski definition) is 1. The zero-order valence-corrected chi connectivity index (χ0v) is 18.4. The number of ether oxygens (including phenoxy) is 2. The van der Waals surface area contributed by atoms with Crippen LogP contribution in [-0.2, 0) is 22.7 Å². The monoisotopic (exact) mass is 433 g/mol. The summed E-state index contributed by atoms with van der Waals surface area (Å²) in [6.07, 6.45) is 5.84. The molecule has 6 heteroatoms. The van der Waals surface area contributed by atoms with Crippen molar-refractivity contribution in [2.45, 2.75) is 32.6 Å². The highest BCUT2D eigenvalue weighted by Gasteiger charge is 2.27. The molecule has 3 aromatic rings. The highest BCUT2D eigenvalue weighted by atomic mass is 16.5. The van der Waals surface area contributed by atoms with Gasteiger partial charge in [0.1, 0.15) is 5.75 Å². The van der Waals surface area contributed by atoms with Gasteiger partial charge in [0.05, 0.1) is 19.4 Å². The van der Waals surface area contributed by atoms with Gasteiger partial charge in [0.15, 0.2) is 5.60 Å². The highest BCUT2D eigenvalue weighted by molar-refractivity contribution is 6.08. The van der Waals surface area contributed by atoms with Gasteiger partial charge in [-0.3, -0.25) is 4.79 Å². The zero-order chi connectivity index (χ0) is 23.1. The van der Waals surface area contributed by atoms with Gasteiger partial charge in [-0.2, -0.15) is 0 Å². The van der Waals surface area contributed by atoms with Crippen LogP contribution in [0.15, 0.2) is 72.9 Å². The Balaban J connectivity index is 1.62. The summed E-state index contributed by atoms with van der Waals surface area (Å²) in [6.45, 7) is 3.83. The third-order valence-corrected chi connectivity index (χ3v) is 5.10. The van der Waals surface area contributed by atoms with Gasteiger partial charge in [-0.1, -0.05) is 48.6 Å². The number of methoxy groups -OCH3 is 1. The Morgan fingerprint density at radius 2 is 1.81 bits per heavy atom. The Kier molecular flexibility index (Phi) is 7.28. The maximum atomic E-state index is 12.9. The summed E-state index contributed by atoms with van der Waals surface area (Å²) in [5.41, 5.74) is 1.86. The van der Waals surface area contributed by atoms with Crippen LogP contribution in [0.25, 0.3) is 6.08 Å². The van der Waals surface area contributed by atoms with Gasteiger partial charge in [0, 0.05) is 18.3 Å². The standard InChI is InChI=1S/C26H27NO5/c1-26(2,25(29)30)32-18-20-13-11-19(12-14-20)7-5-15-27-16-6-10-23(27)24(28)21-8-4-9-22(17-21)31-3/h4-14,16-17H,15,18H2,1-3H3,(H,29,30). The van der Waals surface area contributed by atoms with Gasteiger partial charge < -0.3 is 19.1 Å². The largest absolute Gasteiger partial charge is 0.497 e. The summed E-state index contributed by atoms with van der Waals surface area (Å²) in [5, 5.41) is 9.12. The number of carbonyl (C=O) groups is 2. The summed E-state index contributed by atoms with van der Waals surface area (Å²) in [5.74, 6) is -0.406. The molecule has 0 unspecified atom stereocenters. The zero-order valence-electron chi connectivity index (χ0n) is 18.4. The molecular formula is C26H27NO5. The second-order valence-corrected chi connectivity index (χ2v) is 7.85. The molecule has 166 valence electrons. The van der Waals surface area contributed by atoms with Gasteiger partial charge in [0.2, 0.25) is 5.78 Å². The van der Waals surface area contributed by atoms with Crippen molar-refractivity contribution < 1.29 is 24.2 Å². The predicted octanol–water partition coefficient (Wildman–Crippen LogP) is 4.82. The number of carbonyl (C=O) groups excluding carboxylic acids is 1. The van der Waals surface area contributed by atoms with Crippen molar-refractivity contribution in [1.29, 1.82) is 0 Å². The normalized spacial score (nSPS) is 11.6. The summed E-state index contributed by atoms with van der Waals surface area (Å²) in [4.78, 5) is 24.0. The second-order valence-electron chi connectivity index (χ2n) is 7.85.